The molecule has 1 amide bonds. The van der Waals surface area contributed by atoms with E-state index >= 15 is 0 Å². The summed E-state index contributed by atoms with van der Waals surface area (Å²) in [5, 5.41) is 5.67. The molecule has 4 nitrogen and oxygen atoms in total. The molecule has 118 valence electrons. The summed E-state index contributed by atoms with van der Waals surface area (Å²) in [4.78, 5) is 11.5. The number of carbonyl (C=O) groups excluding carboxylic acids is 1. The van der Waals surface area contributed by atoms with Crippen molar-refractivity contribution in [1.29, 1.82) is 0 Å². The first-order valence-electron chi connectivity index (χ1n) is 6.81. The molecule has 21 heavy (non-hydrogen) atoms. The third-order valence-corrected chi connectivity index (χ3v) is 2.54. The molecule has 0 aliphatic rings. The molecule has 1 unspecified atom stereocenters. The van der Waals surface area contributed by atoms with Gasteiger partial charge in [-0.25, -0.2) is 13.6 Å². The molecule has 1 aromatic carbocycles. The first-order chi connectivity index (χ1) is 9.67. The van der Waals surface area contributed by atoms with Crippen LogP contribution in [0.15, 0.2) is 18.2 Å². The van der Waals surface area contributed by atoms with E-state index in [0.29, 0.717) is 12.1 Å². The molecule has 1 atom stereocenters. The summed E-state index contributed by atoms with van der Waals surface area (Å²) in [6, 6.07) is 3.27. The summed E-state index contributed by atoms with van der Waals surface area (Å²) in [6.07, 6.45) is -0.496. The number of carbonyl (C=O) groups is 1. The van der Waals surface area contributed by atoms with Gasteiger partial charge in [0.15, 0.2) is 0 Å². The van der Waals surface area contributed by atoms with Crippen molar-refractivity contribution in [2.45, 2.75) is 45.9 Å². The molecule has 0 heterocycles. The largest absolute Gasteiger partial charge is 0.444 e. The number of alkyl carbamates (subject to hydrolysis) is 1. The van der Waals surface area contributed by atoms with E-state index in [1.165, 1.54) is 12.1 Å². The van der Waals surface area contributed by atoms with Crippen molar-refractivity contribution < 1.29 is 18.3 Å². The minimum absolute atomic E-state index is 0.177. The minimum Gasteiger partial charge on any atom is -0.444 e. The van der Waals surface area contributed by atoms with Crippen molar-refractivity contribution in [2.24, 2.45) is 0 Å². The zero-order chi connectivity index (χ0) is 16.0. The number of ether oxygens (including phenoxy) is 1. The highest BCUT2D eigenvalue weighted by Crippen LogP contribution is 2.09. The van der Waals surface area contributed by atoms with E-state index in [-0.39, 0.29) is 12.6 Å². The molecule has 1 aromatic rings. The van der Waals surface area contributed by atoms with Gasteiger partial charge in [-0.15, -0.1) is 0 Å². The van der Waals surface area contributed by atoms with Crippen LogP contribution in [0, 0.1) is 11.6 Å². The maximum Gasteiger partial charge on any atom is 0.407 e. The highest BCUT2D eigenvalue weighted by molar-refractivity contribution is 5.68. The number of amides is 1. The minimum atomic E-state index is -0.601. The van der Waals surface area contributed by atoms with Crippen LogP contribution >= 0.6 is 0 Å². The van der Waals surface area contributed by atoms with Gasteiger partial charge in [0.25, 0.3) is 0 Å². The van der Waals surface area contributed by atoms with Crippen LogP contribution < -0.4 is 10.6 Å². The molecule has 0 saturated carbocycles. The first kappa shape index (κ1) is 17.4. The summed E-state index contributed by atoms with van der Waals surface area (Å²) >= 11 is 0. The van der Waals surface area contributed by atoms with Crippen molar-refractivity contribution in [3.63, 3.8) is 0 Å². The average Bonchev–Trinajstić information content (AvgIpc) is 2.29. The van der Waals surface area contributed by atoms with Gasteiger partial charge >= 0.3 is 6.09 Å². The maximum atomic E-state index is 13.4. The van der Waals surface area contributed by atoms with Crippen molar-refractivity contribution in [3.8, 4) is 0 Å². The second-order valence-corrected chi connectivity index (χ2v) is 5.91. The predicted molar refractivity (Wildman–Crippen MR) is 76.9 cm³/mol. The van der Waals surface area contributed by atoms with E-state index in [2.05, 4.69) is 10.6 Å². The van der Waals surface area contributed by atoms with Gasteiger partial charge in [-0.3, -0.25) is 0 Å². The second kappa shape index (κ2) is 7.36. The number of halogens is 2. The van der Waals surface area contributed by atoms with Gasteiger partial charge in [-0.05, 0) is 33.8 Å². The molecule has 0 radical (unpaired) electrons. The molecular formula is C15H22F2N2O2. The zero-order valence-corrected chi connectivity index (χ0v) is 12.8. The van der Waals surface area contributed by atoms with Crippen LogP contribution in [0.4, 0.5) is 13.6 Å². The van der Waals surface area contributed by atoms with Crippen LogP contribution in [-0.2, 0) is 11.3 Å². The summed E-state index contributed by atoms with van der Waals surface area (Å²) in [5.74, 6) is -1.19. The van der Waals surface area contributed by atoms with Crippen LogP contribution in [-0.4, -0.2) is 24.3 Å². The van der Waals surface area contributed by atoms with Crippen molar-refractivity contribution in [1.82, 2.24) is 10.6 Å². The smallest absolute Gasteiger partial charge is 0.407 e. The highest BCUT2D eigenvalue weighted by Gasteiger charge is 2.17. The van der Waals surface area contributed by atoms with Crippen molar-refractivity contribution >= 4 is 6.09 Å². The van der Waals surface area contributed by atoms with Crippen molar-refractivity contribution in [3.05, 3.63) is 35.4 Å². The Kier molecular flexibility index (Phi) is 6.08. The first-order valence-corrected chi connectivity index (χ1v) is 6.81. The van der Waals surface area contributed by atoms with E-state index in [1.807, 2.05) is 0 Å². The predicted octanol–water partition coefficient (Wildman–Crippen LogP) is 2.97. The van der Waals surface area contributed by atoms with Gasteiger partial charge in [0, 0.05) is 30.8 Å². The standard InChI is InChI=1S/C15H22F2N2O2/c1-10(19-14(20)21-15(2,3)4)8-18-9-11-5-6-12(16)7-13(11)17/h5-7,10,18H,8-9H2,1-4H3,(H,19,20). The summed E-state index contributed by atoms with van der Waals surface area (Å²) in [7, 11) is 0. The van der Waals surface area contributed by atoms with E-state index in [1.54, 1.807) is 27.7 Å². The summed E-state index contributed by atoms with van der Waals surface area (Å²) in [6.45, 7) is 7.85. The Morgan fingerprint density at radius 3 is 2.57 bits per heavy atom. The number of hydrogen-bond acceptors (Lipinski definition) is 3. The quantitative estimate of drug-likeness (QED) is 0.879. The van der Waals surface area contributed by atoms with E-state index < -0.39 is 23.3 Å². The van der Waals surface area contributed by atoms with Crippen LogP contribution in [0.3, 0.4) is 0 Å². The lowest BCUT2D eigenvalue weighted by Crippen LogP contribution is -2.42. The van der Waals surface area contributed by atoms with Crippen molar-refractivity contribution in [2.75, 3.05) is 6.54 Å². The summed E-state index contributed by atoms with van der Waals surface area (Å²) < 4.78 is 31.3. The topological polar surface area (TPSA) is 50.4 Å². The molecule has 2 N–H and O–H groups in total. The molecule has 0 aliphatic carbocycles. The monoisotopic (exact) mass is 300 g/mol. The van der Waals surface area contributed by atoms with E-state index in [0.717, 1.165) is 6.07 Å². The van der Waals surface area contributed by atoms with Gasteiger partial charge in [0.05, 0.1) is 0 Å². The molecule has 0 saturated heterocycles. The Labute approximate surface area is 123 Å². The molecule has 0 fully saturated rings. The number of rotatable bonds is 5. The van der Waals surface area contributed by atoms with Gasteiger partial charge in [-0.2, -0.15) is 0 Å². The Hall–Kier alpha value is -1.69. The fraction of sp³-hybridized carbons (Fsp3) is 0.533. The van der Waals surface area contributed by atoms with Gasteiger partial charge in [0.1, 0.15) is 17.2 Å². The SMILES string of the molecule is CC(CNCc1ccc(F)cc1F)NC(=O)OC(C)(C)C. The molecule has 0 aliphatic heterocycles. The molecule has 0 aromatic heterocycles. The number of benzene rings is 1. The molecule has 0 spiro atoms. The Morgan fingerprint density at radius 1 is 1.33 bits per heavy atom. The summed E-state index contributed by atoms with van der Waals surface area (Å²) in [5.41, 5.74) is -0.171. The van der Waals surface area contributed by atoms with Gasteiger partial charge in [-0.1, -0.05) is 6.07 Å². The van der Waals surface area contributed by atoms with Crippen LogP contribution in [0.5, 0.6) is 0 Å². The van der Waals surface area contributed by atoms with Gasteiger partial charge in [0.2, 0.25) is 0 Å². The lowest BCUT2D eigenvalue weighted by atomic mass is 10.2. The van der Waals surface area contributed by atoms with Gasteiger partial charge < -0.3 is 15.4 Å². The third kappa shape index (κ3) is 7.04. The Balaban J connectivity index is 2.33. The highest BCUT2D eigenvalue weighted by atomic mass is 19.1. The molecular weight excluding hydrogens is 278 g/mol. The van der Waals surface area contributed by atoms with E-state index in [9.17, 15) is 13.6 Å². The average molecular weight is 300 g/mol. The fourth-order valence-electron chi connectivity index (χ4n) is 1.65. The van der Waals surface area contributed by atoms with Crippen LogP contribution in [0.2, 0.25) is 0 Å². The fourth-order valence-corrected chi connectivity index (χ4v) is 1.65. The zero-order valence-electron chi connectivity index (χ0n) is 12.8. The van der Waals surface area contributed by atoms with Crippen LogP contribution in [0.25, 0.3) is 0 Å². The second-order valence-electron chi connectivity index (χ2n) is 5.91. The maximum absolute atomic E-state index is 13.4. The number of nitrogens with one attached hydrogen (secondary N) is 2. The molecule has 0 bridgehead atoms. The number of hydrogen-bond donors (Lipinski definition) is 2. The lowest BCUT2D eigenvalue weighted by Gasteiger charge is -2.22. The molecule has 1 rings (SSSR count). The van der Waals surface area contributed by atoms with Crippen LogP contribution in [0.1, 0.15) is 33.3 Å². The molecule has 6 heteroatoms. The third-order valence-electron chi connectivity index (χ3n) is 2.54. The normalized spacial score (nSPS) is 12.9. The Bertz CT molecular complexity index is 487. The Morgan fingerprint density at radius 2 is 2.00 bits per heavy atom. The van der Waals surface area contributed by atoms with E-state index in [4.69, 9.17) is 4.74 Å². The lowest BCUT2D eigenvalue weighted by molar-refractivity contribution is 0.0508.